The van der Waals surface area contributed by atoms with Crippen LogP contribution in [-0.4, -0.2) is 73.0 Å². The summed E-state index contributed by atoms with van der Waals surface area (Å²) < 4.78 is 5.39. The van der Waals surface area contributed by atoms with Crippen molar-refractivity contribution < 1.29 is 19.1 Å². The molecule has 7 heteroatoms. The minimum Gasteiger partial charge on any atom is -0.379 e. The minimum absolute atomic E-state index is 0.0111. The van der Waals surface area contributed by atoms with E-state index in [0.717, 1.165) is 31.5 Å². The first kappa shape index (κ1) is 21.0. The van der Waals surface area contributed by atoms with Gasteiger partial charge in [0.25, 0.3) is 5.91 Å². The third kappa shape index (κ3) is 4.42. The van der Waals surface area contributed by atoms with Gasteiger partial charge < -0.3 is 9.64 Å². The molecule has 4 rings (SSSR count). The summed E-state index contributed by atoms with van der Waals surface area (Å²) in [6, 6.07) is 6.87. The van der Waals surface area contributed by atoms with E-state index < -0.39 is 6.04 Å². The summed E-state index contributed by atoms with van der Waals surface area (Å²) in [6.45, 7) is 8.42. The van der Waals surface area contributed by atoms with E-state index in [2.05, 4.69) is 18.7 Å². The Kier molecular flexibility index (Phi) is 6.20. The van der Waals surface area contributed by atoms with E-state index in [1.54, 1.807) is 4.90 Å². The highest BCUT2D eigenvalue weighted by Gasteiger charge is 2.46. The fourth-order valence-electron chi connectivity index (χ4n) is 4.20. The number of carbonyl (C=O) groups excluding carboxylic acids is 3. The van der Waals surface area contributed by atoms with Gasteiger partial charge in [-0.25, -0.2) is 4.90 Å². The van der Waals surface area contributed by atoms with Crippen LogP contribution in [0.3, 0.4) is 0 Å². The highest BCUT2D eigenvalue weighted by atomic mass is 16.5. The van der Waals surface area contributed by atoms with Crippen molar-refractivity contribution in [2.45, 2.75) is 45.1 Å². The number of ether oxygens (including phenoxy) is 1. The molecule has 0 radical (unpaired) electrons. The maximum atomic E-state index is 13.3. The summed E-state index contributed by atoms with van der Waals surface area (Å²) in [5, 5.41) is 0. The number of nitrogens with zero attached hydrogens (tertiary/aromatic N) is 3. The average Bonchev–Trinajstić information content (AvgIpc) is 3.55. The molecular formula is C23H31N3O4. The second-order valence-corrected chi connectivity index (χ2v) is 8.79. The Bertz CT molecular complexity index is 797. The van der Waals surface area contributed by atoms with Crippen LogP contribution in [0.4, 0.5) is 5.69 Å². The molecule has 1 aromatic rings. The zero-order valence-corrected chi connectivity index (χ0v) is 17.9. The zero-order chi connectivity index (χ0) is 21.3. The lowest BCUT2D eigenvalue weighted by Gasteiger charge is -2.32. The number of carbonyl (C=O) groups is 3. The van der Waals surface area contributed by atoms with Gasteiger partial charge in [-0.15, -0.1) is 0 Å². The summed E-state index contributed by atoms with van der Waals surface area (Å²) in [7, 11) is 0. The lowest BCUT2D eigenvalue weighted by Crippen LogP contribution is -2.50. The van der Waals surface area contributed by atoms with Crippen molar-refractivity contribution in [3.05, 3.63) is 29.8 Å². The molecule has 162 valence electrons. The van der Waals surface area contributed by atoms with Gasteiger partial charge in [-0.3, -0.25) is 19.3 Å². The smallest absolute Gasteiger partial charge is 0.257 e. The van der Waals surface area contributed by atoms with Crippen LogP contribution in [0.5, 0.6) is 0 Å². The largest absolute Gasteiger partial charge is 0.379 e. The van der Waals surface area contributed by atoms with E-state index >= 15 is 0 Å². The van der Waals surface area contributed by atoms with Gasteiger partial charge in [0.05, 0.1) is 25.3 Å². The van der Waals surface area contributed by atoms with Crippen molar-refractivity contribution in [1.29, 1.82) is 0 Å². The summed E-state index contributed by atoms with van der Waals surface area (Å²) in [5.74, 6) is -0.109. The summed E-state index contributed by atoms with van der Waals surface area (Å²) in [5.41, 5.74) is 1.74. The van der Waals surface area contributed by atoms with Crippen LogP contribution in [0.25, 0.3) is 0 Å². The molecule has 1 aromatic carbocycles. The lowest BCUT2D eigenvalue weighted by atomic mass is 10.0. The van der Waals surface area contributed by atoms with Gasteiger partial charge in [0.15, 0.2) is 0 Å². The van der Waals surface area contributed by atoms with E-state index in [1.165, 1.54) is 4.90 Å². The highest BCUT2D eigenvalue weighted by Crippen LogP contribution is 2.34. The Morgan fingerprint density at radius 2 is 1.80 bits per heavy atom. The van der Waals surface area contributed by atoms with E-state index in [9.17, 15) is 14.4 Å². The number of amides is 3. The quantitative estimate of drug-likeness (QED) is 0.640. The topological polar surface area (TPSA) is 70.2 Å². The first-order valence-electron chi connectivity index (χ1n) is 11.0. The number of morpholine rings is 1. The molecule has 0 spiro atoms. The lowest BCUT2D eigenvalue weighted by molar-refractivity contribution is -0.139. The van der Waals surface area contributed by atoms with Crippen LogP contribution in [0, 0.1) is 5.92 Å². The number of anilines is 1. The fraction of sp³-hybridized carbons (Fsp3) is 0.609. The summed E-state index contributed by atoms with van der Waals surface area (Å²) >= 11 is 0. The van der Waals surface area contributed by atoms with Crippen molar-refractivity contribution in [3.63, 3.8) is 0 Å². The summed E-state index contributed by atoms with van der Waals surface area (Å²) in [6.07, 6.45) is 1.82. The van der Waals surface area contributed by atoms with Gasteiger partial charge in [-0.1, -0.05) is 26.0 Å². The fourth-order valence-corrected chi connectivity index (χ4v) is 4.20. The first-order valence-corrected chi connectivity index (χ1v) is 11.0. The number of hydrogen-bond acceptors (Lipinski definition) is 5. The molecule has 2 heterocycles. The molecule has 0 aromatic heterocycles. The Hall–Kier alpha value is -2.25. The van der Waals surface area contributed by atoms with Crippen LogP contribution < -0.4 is 4.90 Å². The van der Waals surface area contributed by atoms with Crippen molar-refractivity contribution in [2.75, 3.05) is 44.3 Å². The zero-order valence-electron chi connectivity index (χ0n) is 17.9. The van der Waals surface area contributed by atoms with Gasteiger partial charge >= 0.3 is 0 Å². The standard InChI is InChI=1S/C23H31N3O4/c1-16(2)17-5-7-19(8-6-17)26-21(27)15-20(23(26)29)25(22(28)18-3-4-18)10-9-24-11-13-30-14-12-24/h5-8,16,18,20H,3-4,9-15H2,1-2H3. The van der Waals surface area contributed by atoms with Crippen molar-refractivity contribution in [3.8, 4) is 0 Å². The average molecular weight is 414 g/mol. The Morgan fingerprint density at radius 3 is 2.40 bits per heavy atom. The minimum atomic E-state index is -0.698. The Labute approximate surface area is 177 Å². The molecule has 1 atom stereocenters. The molecule has 0 N–H and O–H groups in total. The molecule has 2 aliphatic heterocycles. The molecule has 1 aliphatic carbocycles. The normalized spacial score (nSPS) is 22.8. The van der Waals surface area contributed by atoms with E-state index in [-0.39, 0.29) is 30.1 Å². The summed E-state index contributed by atoms with van der Waals surface area (Å²) in [4.78, 5) is 44.2. The van der Waals surface area contributed by atoms with Gasteiger partial charge in [-0.05, 0) is 36.5 Å². The third-order valence-electron chi connectivity index (χ3n) is 6.29. The van der Waals surface area contributed by atoms with E-state index in [4.69, 9.17) is 4.74 Å². The van der Waals surface area contributed by atoms with Crippen molar-refractivity contribution in [2.24, 2.45) is 5.92 Å². The van der Waals surface area contributed by atoms with Crippen molar-refractivity contribution >= 4 is 23.4 Å². The molecule has 7 nitrogen and oxygen atoms in total. The second kappa shape index (κ2) is 8.86. The molecule has 30 heavy (non-hydrogen) atoms. The molecule has 3 aliphatic rings. The first-order chi connectivity index (χ1) is 14.5. The highest BCUT2D eigenvalue weighted by molar-refractivity contribution is 6.23. The Balaban J connectivity index is 1.49. The molecule has 2 saturated heterocycles. The van der Waals surface area contributed by atoms with Crippen LogP contribution in [0.15, 0.2) is 24.3 Å². The number of imide groups is 1. The SMILES string of the molecule is CC(C)c1ccc(N2C(=O)CC(N(CCN3CCOCC3)C(=O)C3CC3)C2=O)cc1. The molecule has 0 bridgehead atoms. The number of benzene rings is 1. The molecule has 3 fully saturated rings. The number of hydrogen-bond donors (Lipinski definition) is 0. The third-order valence-corrected chi connectivity index (χ3v) is 6.29. The van der Waals surface area contributed by atoms with Gasteiger partial charge in [0, 0.05) is 32.1 Å². The predicted octanol–water partition coefficient (Wildman–Crippen LogP) is 2.01. The van der Waals surface area contributed by atoms with Crippen LogP contribution in [0.1, 0.15) is 44.6 Å². The predicted molar refractivity (Wildman–Crippen MR) is 113 cm³/mol. The van der Waals surface area contributed by atoms with Gasteiger partial charge in [-0.2, -0.15) is 0 Å². The van der Waals surface area contributed by atoms with Gasteiger partial charge in [0.1, 0.15) is 6.04 Å². The van der Waals surface area contributed by atoms with E-state index in [0.29, 0.717) is 37.9 Å². The molecule has 1 saturated carbocycles. The maximum absolute atomic E-state index is 13.3. The van der Waals surface area contributed by atoms with Crippen LogP contribution >= 0.6 is 0 Å². The number of rotatable bonds is 7. The van der Waals surface area contributed by atoms with Crippen LogP contribution in [0.2, 0.25) is 0 Å². The van der Waals surface area contributed by atoms with Gasteiger partial charge in [0.2, 0.25) is 11.8 Å². The monoisotopic (exact) mass is 413 g/mol. The van der Waals surface area contributed by atoms with Crippen molar-refractivity contribution in [1.82, 2.24) is 9.80 Å². The molecular weight excluding hydrogens is 382 g/mol. The Morgan fingerprint density at radius 1 is 1.13 bits per heavy atom. The van der Waals surface area contributed by atoms with Crippen LogP contribution in [-0.2, 0) is 19.1 Å². The maximum Gasteiger partial charge on any atom is 0.257 e. The second-order valence-electron chi connectivity index (χ2n) is 8.79. The van der Waals surface area contributed by atoms with E-state index in [1.807, 2.05) is 24.3 Å². The molecule has 1 unspecified atom stereocenters. The molecule has 3 amide bonds.